The molecule has 1 amide bonds. The number of hydrogen-bond donors (Lipinski definition) is 1. The smallest absolute Gasteiger partial charge is 0.244 e. The maximum atomic E-state index is 11.2. The van der Waals surface area contributed by atoms with Crippen LogP contribution in [0.2, 0.25) is 0 Å². The summed E-state index contributed by atoms with van der Waals surface area (Å²) in [7, 11) is 0. The van der Waals surface area contributed by atoms with E-state index in [9.17, 15) is 4.79 Å². The summed E-state index contributed by atoms with van der Waals surface area (Å²) >= 11 is 3.36. The number of carbonyl (C=O) groups is 1. The number of hydrogen-bond acceptors (Lipinski definition) is 1. The summed E-state index contributed by atoms with van der Waals surface area (Å²) < 4.78 is 0.996. The van der Waals surface area contributed by atoms with E-state index < -0.39 is 0 Å². The van der Waals surface area contributed by atoms with Crippen LogP contribution in [0.3, 0.4) is 0 Å². The Morgan fingerprint density at radius 1 is 1.53 bits per heavy atom. The van der Waals surface area contributed by atoms with Crippen LogP contribution in [0.4, 0.5) is 0 Å². The molecule has 0 spiro atoms. The molecular formula is C12H12BrNO. The highest BCUT2D eigenvalue weighted by molar-refractivity contribution is 9.10. The van der Waals surface area contributed by atoms with Gasteiger partial charge in [-0.25, -0.2) is 0 Å². The molecule has 0 saturated heterocycles. The van der Waals surface area contributed by atoms with Crippen molar-refractivity contribution in [2.75, 3.05) is 6.54 Å². The molecule has 78 valence electrons. The summed E-state index contributed by atoms with van der Waals surface area (Å²) in [6, 6.07) is 7.74. The molecule has 0 radical (unpaired) electrons. The van der Waals surface area contributed by atoms with Crippen LogP contribution in [0.25, 0.3) is 6.08 Å². The zero-order valence-electron chi connectivity index (χ0n) is 8.24. The van der Waals surface area contributed by atoms with Crippen molar-refractivity contribution in [2.45, 2.75) is 0 Å². The minimum atomic E-state index is -0.116. The number of benzene rings is 1. The lowest BCUT2D eigenvalue weighted by molar-refractivity contribution is -0.116. The van der Waals surface area contributed by atoms with Crippen LogP contribution in [0.1, 0.15) is 5.56 Å². The van der Waals surface area contributed by atoms with Crippen LogP contribution >= 0.6 is 15.9 Å². The van der Waals surface area contributed by atoms with E-state index in [-0.39, 0.29) is 5.91 Å². The van der Waals surface area contributed by atoms with E-state index in [1.165, 1.54) is 6.08 Å². The molecule has 1 rings (SSSR count). The van der Waals surface area contributed by atoms with Crippen LogP contribution in [0, 0.1) is 0 Å². The van der Waals surface area contributed by atoms with E-state index in [0.29, 0.717) is 6.54 Å². The van der Waals surface area contributed by atoms with Gasteiger partial charge in [0.2, 0.25) is 5.91 Å². The van der Waals surface area contributed by atoms with Crippen molar-refractivity contribution in [2.24, 2.45) is 0 Å². The van der Waals surface area contributed by atoms with Gasteiger partial charge in [0.25, 0.3) is 0 Å². The van der Waals surface area contributed by atoms with Crippen molar-refractivity contribution in [1.82, 2.24) is 5.32 Å². The van der Waals surface area contributed by atoms with E-state index in [1.54, 1.807) is 12.2 Å². The zero-order valence-corrected chi connectivity index (χ0v) is 9.83. The lowest BCUT2D eigenvalue weighted by Crippen LogP contribution is -2.20. The second-order valence-corrected chi connectivity index (χ2v) is 3.84. The molecule has 3 heteroatoms. The SMILES string of the molecule is C=CCNC(=O)/C=C\c1cccc(Br)c1. The lowest BCUT2D eigenvalue weighted by Gasteiger charge is -1.96. The van der Waals surface area contributed by atoms with Crippen LogP contribution in [0.5, 0.6) is 0 Å². The van der Waals surface area contributed by atoms with Crippen LogP contribution in [0.15, 0.2) is 47.5 Å². The summed E-state index contributed by atoms with van der Waals surface area (Å²) in [5, 5.41) is 2.66. The van der Waals surface area contributed by atoms with Crippen molar-refractivity contribution in [3.63, 3.8) is 0 Å². The van der Waals surface area contributed by atoms with Gasteiger partial charge in [0, 0.05) is 17.1 Å². The first-order valence-electron chi connectivity index (χ1n) is 4.55. The van der Waals surface area contributed by atoms with Gasteiger partial charge in [-0.15, -0.1) is 6.58 Å². The molecule has 1 N–H and O–H groups in total. The van der Waals surface area contributed by atoms with E-state index in [4.69, 9.17) is 0 Å². The summed E-state index contributed by atoms with van der Waals surface area (Å²) in [5.74, 6) is -0.116. The van der Waals surface area contributed by atoms with Gasteiger partial charge in [-0.3, -0.25) is 4.79 Å². The van der Waals surface area contributed by atoms with Gasteiger partial charge in [-0.2, -0.15) is 0 Å². The molecule has 1 aromatic rings. The summed E-state index contributed by atoms with van der Waals surface area (Å²) in [5.41, 5.74) is 0.984. The molecule has 0 atom stereocenters. The van der Waals surface area contributed by atoms with Crippen LogP contribution < -0.4 is 5.32 Å². The van der Waals surface area contributed by atoms with E-state index in [2.05, 4.69) is 27.8 Å². The molecule has 2 nitrogen and oxygen atoms in total. The summed E-state index contributed by atoms with van der Waals surface area (Å²) in [6.45, 7) is 4.01. The average molecular weight is 266 g/mol. The molecule has 0 heterocycles. The van der Waals surface area contributed by atoms with E-state index >= 15 is 0 Å². The van der Waals surface area contributed by atoms with Crippen LogP contribution in [-0.2, 0) is 4.79 Å². The van der Waals surface area contributed by atoms with Crippen molar-refractivity contribution in [1.29, 1.82) is 0 Å². The van der Waals surface area contributed by atoms with Gasteiger partial charge in [-0.1, -0.05) is 34.1 Å². The second-order valence-electron chi connectivity index (χ2n) is 2.92. The minimum Gasteiger partial charge on any atom is -0.349 e. The van der Waals surface area contributed by atoms with Crippen molar-refractivity contribution < 1.29 is 4.79 Å². The highest BCUT2D eigenvalue weighted by Gasteiger charge is 1.92. The predicted molar refractivity (Wildman–Crippen MR) is 66.4 cm³/mol. The highest BCUT2D eigenvalue weighted by atomic mass is 79.9. The van der Waals surface area contributed by atoms with Crippen molar-refractivity contribution >= 4 is 27.9 Å². The van der Waals surface area contributed by atoms with Gasteiger partial charge in [0.15, 0.2) is 0 Å². The maximum absolute atomic E-state index is 11.2. The summed E-state index contributed by atoms with van der Waals surface area (Å²) in [4.78, 5) is 11.2. The molecule has 1 aromatic carbocycles. The number of amides is 1. The molecule has 0 saturated carbocycles. The molecule has 0 aromatic heterocycles. The van der Waals surface area contributed by atoms with Gasteiger partial charge >= 0.3 is 0 Å². The number of carbonyl (C=O) groups excluding carboxylic acids is 1. The molecule has 0 aliphatic heterocycles. The molecule has 0 unspecified atom stereocenters. The van der Waals surface area contributed by atoms with Crippen molar-refractivity contribution in [3.05, 3.63) is 53.0 Å². The van der Waals surface area contributed by atoms with Crippen molar-refractivity contribution in [3.8, 4) is 0 Å². The fourth-order valence-electron chi connectivity index (χ4n) is 1.01. The Labute approximate surface area is 97.8 Å². The van der Waals surface area contributed by atoms with Gasteiger partial charge in [0.1, 0.15) is 0 Å². The zero-order chi connectivity index (χ0) is 11.1. The number of halogens is 1. The second kappa shape index (κ2) is 6.19. The highest BCUT2D eigenvalue weighted by Crippen LogP contribution is 2.12. The fourth-order valence-corrected chi connectivity index (χ4v) is 1.43. The van der Waals surface area contributed by atoms with E-state index in [0.717, 1.165) is 10.0 Å². The Kier molecular flexibility index (Phi) is 4.84. The predicted octanol–water partition coefficient (Wildman–Crippen LogP) is 2.76. The standard InChI is InChI=1S/C12H12BrNO/c1-2-8-14-12(15)7-6-10-4-3-5-11(13)9-10/h2-7,9H,1,8H2,(H,14,15)/b7-6-. The minimum absolute atomic E-state index is 0.116. The molecule has 0 aliphatic carbocycles. The monoisotopic (exact) mass is 265 g/mol. The molecule has 0 fully saturated rings. The molecule has 0 aliphatic rings. The maximum Gasteiger partial charge on any atom is 0.244 e. The number of rotatable bonds is 4. The average Bonchev–Trinajstić information content (AvgIpc) is 2.23. The number of nitrogens with one attached hydrogen (secondary N) is 1. The Bertz CT molecular complexity index is 385. The van der Waals surface area contributed by atoms with Crippen LogP contribution in [-0.4, -0.2) is 12.5 Å². The van der Waals surface area contributed by atoms with Gasteiger partial charge < -0.3 is 5.32 Å². The Balaban J connectivity index is 2.57. The quantitative estimate of drug-likeness (QED) is 0.659. The fraction of sp³-hybridized carbons (Fsp3) is 0.0833. The first-order chi connectivity index (χ1) is 7.22. The molecule has 0 bridgehead atoms. The Hall–Kier alpha value is -1.35. The Morgan fingerprint density at radius 2 is 2.33 bits per heavy atom. The van der Waals surface area contributed by atoms with Gasteiger partial charge in [0.05, 0.1) is 0 Å². The molecular weight excluding hydrogens is 254 g/mol. The Morgan fingerprint density at radius 3 is 3.00 bits per heavy atom. The largest absolute Gasteiger partial charge is 0.349 e. The third kappa shape index (κ3) is 4.61. The van der Waals surface area contributed by atoms with Gasteiger partial charge in [-0.05, 0) is 23.8 Å². The first kappa shape index (κ1) is 11.7. The third-order valence-corrected chi connectivity index (χ3v) is 2.19. The topological polar surface area (TPSA) is 29.1 Å². The van der Waals surface area contributed by atoms with E-state index in [1.807, 2.05) is 24.3 Å². The molecule has 15 heavy (non-hydrogen) atoms. The third-order valence-electron chi connectivity index (χ3n) is 1.70. The first-order valence-corrected chi connectivity index (χ1v) is 5.34. The lowest BCUT2D eigenvalue weighted by atomic mass is 10.2. The normalized spacial score (nSPS) is 10.2. The summed E-state index contributed by atoms with van der Waals surface area (Å²) in [6.07, 6.45) is 4.92.